The maximum Gasteiger partial charge on any atom is 0.0248 e. The Morgan fingerprint density at radius 3 is 1.46 bits per heavy atom. The Balaban J connectivity index is 1.99. The monoisotopic (exact) mass is 354 g/mol. The van der Waals surface area contributed by atoms with E-state index in [-0.39, 0.29) is 0 Å². The zero-order chi connectivity index (χ0) is 18.9. The maximum atomic E-state index is 5.67. The topological polar surface area (TPSA) is 0 Å². The first kappa shape index (κ1) is 16.4. The Bertz CT molecular complexity index is 1290. The van der Waals surface area contributed by atoms with Crippen molar-refractivity contribution < 1.29 is 0 Å². The van der Waals surface area contributed by atoms with Crippen LogP contribution < -0.4 is 0 Å². The highest BCUT2D eigenvalue weighted by molar-refractivity contribution is 6.21. The van der Waals surface area contributed by atoms with Gasteiger partial charge in [0, 0.05) is 5.56 Å². The van der Waals surface area contributed by atoms with E-state index in [0.717, 1.165) is 11.1 Å². The highest BCUT2D eigenvalue weighted by Gasteiger charge is 2.16. The van der Waals surface area contributed by atoms with Gasteiger partial charge in [0.1, 0.15) is 0 Å². The number of terminal acetylenes is 1. The molecule has 0 N–H and O–H groups in total. The van der Waals surface area contributed by atoms with Gasteiger partial charge >= 0.3 is 0 Å². The molecule has 0 aliphatic rings. The minimum Gasteiger partial charge on any atom is -0.115 e. The van der Waals surface area contributed by atoms with Crippen LogP contribution in [0.1, 0.15) is 5.56 Å². The van der Waals surface area contributed by atoms with Gasteiger partial charge in [-0.05, 0) is 55.9 Å². The third-order valence-corrected chi connectivity index (χ3v) is 5.31. The van der Waals surface area contributed by atoms with Crippen molar-refractivity contribution in [2.45, 2.75) is 0 Å². The average Bonchev–Trinajstić information content (AvgIpc) is 2.78. The van der Waals surface area contributed by atoms with Crippen LogP contribution in [0.25, 0.3) is 43.8 Å². The summed E-state index contributed by atoms with van der Waals surface area (Å²) in [5, 5.41) is 5.01. The molecule has 130 valence electrons. The molecule has 0 radical (unpaired) electrons. The van der Waals surface area contributed by atoms with E-state index in [0.29, 0.717) is 0 Å². The summed E-state index contributed by atoms with van der Waals surface area (Å²) < 4.78 is 0. The van der Waals surface area contributed by atoms with Crippen molar-refractivity contribution >= 4 is 21.5 Å². The van der Waals surface area contributed by atoms with Crippen LogP contribution in [0.3, 0.4) is 0 Å². The van der Waals surface area contributed by atoms with Crippen LogP contribution in [0.2, 0.25) is 0 Å². The van der Waals surface area contributed by atoms with Crippen molar-refractivity contribution in [2.75, 3.05) is 0 Å². The molecule has 0 heterocycles. The van der Waals surface area contributed by atoms with Crippen molar-refractivity contribution in [2.24, 2.45) is 0 Å². The van der Waals surface area contributed by atoms with Crippen molar-refractivity contribution in [1.82, 2.24) is 0 Å². The molecule has 0 aliphatic heterocycles. The van der Waals surface area contributed by atoms with E-state index < -0.39 is 0 Å². The van der Waals surface area contributed by atoms with E-state index in [1.807, 2.05) is 12.1 Å². The summed E-state index contributed by atoms with van der Waals surface area (Å²) in [4.78, 5) is 0. The minimum atomic E-state index is 0.901. The van der Waals surface area contributed by atoms with E-state index in [1.165, 1.54) is 38.2 Å². The lowest BCUT2D eigenvalue weighted by Gasteiger charge is -2.17. The van der Waals surface area contributed by atoms with Crippen LogP contribution in [-0.2, 0) is 0 Å². The molecule has 5 aromatic rings. The Morgan fingerprint density at radius 2 is 0.929 bits per heavy atom. The number of hydrogen-bond acceptors (Lipinski definition) is 0. The smallest absolute Gasteiger partial charge is 0.0248 e. The van der Waals surface area contributed by atoms with E-state index in [9.17, 15) is 0 Å². The fourth-order valence-corrected chi connectivity index (χ4v) is 4.12. The fraction of sp³-hybridized carbons (Fsp3) is 0. The van der Waals surface area contributed by atoms with Crippen molar-refractivity contribution in [3.63, 3.8) is 0 Å². The average molecular weight is 354 g/mol. The molecule has 0 amide bonds. The predicted molar refractivity (Wildman–Crippen MR) is 120 cm³/mol. The number of benzene rings is 5. The quantitative estimate of drug-likeness (QED) is 0.230. The number of hydrogen-bond donors (Lipinski definition) is 0. The van der Waals surface area contributed by atoms with Crippen molar-refractivity contribution in [3.8, 4) is 34.6 Å². The lowest BCUT2D eigenvalue weighted by Crippen LogP contribution is -1.90. The Hall–Kier alpha value is -3.82. The van der Waals surface area contributed by atoms with Gasteiger partial charge in [0.15, 0.2) is 0 Å². The van der Waals surface area contributed by atoms with E-state index in [4.69, 9.17) is 6.42 Å². The molecule has 0 aliphatic carbocycles. The first-order valence-corrected chi connectivity index (χ1v) is 9.43. The van der Waals surface area contributed by atoms with Crippen LogP contribution in [0.4, 0.5) is 0 Å². The third kappa shape index (κ3) is 2.57. The summed E-state index contributed by atoms with van der Waals surface area (Å²) in [5.41, 5.74) is 5.81. The largest absolute Gasteiger partial charge is 0.115 e. The molecule has 0 aromatic heterocycles. The molecule has 0 bridgehead atoms. The predicted octanol–water partition coefficient (Wildman–Crippen LogP) is 7.31. The summed E-state index contributed by atoms with van der Waals surface area (Å²) in [5.74, 6) is 2.77. The van der Waals surface area contributed by atoms with Gasteiger partial charge in [-0.2, -0.15) is 0 Å². The molecule has 0 saturated heterocycles. The van der Waals surface area contributed by atoms with Gasteiger partial charge in [0.05, 0.1) is 0 Å². The second-order valence-corrected chi connectivity index (χ2v) is 6.93. The molecule has 5 aromatic carbocycles. The molecule has 0 spiro atoms. The number of rotatable bonds is 2. The highest BCUT2D eigenvalue weighted by atomic mass is 14.2. The molecular weight excluding hydrogens is 336 g/mol. The van der Waals surface area contributed by atoms with Crippen molar-refractivity contribution in [1.29, 1.82) is 0 Å². The third-order valence-electron chi connectivity index (χ3n) is 5.31. The van der Waals surface area contributed by atoms with Crippen LogP contribution >= 0.6 is 0 Å². The molecule has 5 rings (SSSR count). The second kappa shape index (κ2) is 6.72. The lowest BCUT2D eigenvalue weighted by molar-refractivity contribution is 1.62. The van der Waals surface area contributed by atoms with Crippen LogP contribution in [0.15, 0.2) is 103 Å². The first-order chi connectivity index (χ1) is 13.9. The summed E-state index contributed by atoms with van der Waals surface area (Å²) >= 11 is 0. The molecule has 0 nitrogen and oxygen atoms in total. The molecule has 0 unspecified atom stereocenters. The molecule has 0 fully saturated rings. The van der Waals surface area contributed by atoms with Gasteiger partial charge in [0.25, 0.3) is 0 Å². The SMILES string of the molecule is C#Cc1cccc(-c2c3ccccc3c(-c3ccccc3)c3ccccc23)c1. The van der Waals surface area contributed by atoms with Gasteiger partial charge in [-0.15, -0.1) is 6.42 Å². The summed E-state index contributed by atoms with van der Waals surface area (Å²) in [6.45, 7) is 0. The fourth-order valence-electron chi connectivity index (χ4n) is 4.12. The first-order valence-electron chi connectivity index (χ1n) is 9.43. The zero-order valence-corrected chi connectivity index (χ0v) is 15.4. The maximum absolute atomic E-state index is 5.67. The van der Waals surface area contributed by atoms with Gasteiger partial charge in [-0.3, -0.25) is 0 Å². The summed E-state index contributed by atoms with van der Waals surface area (Å²) in [6.07, 6.45) is 5.67. The van der Waals surface area contributed by atoms with Gasteiger partial charge in [-0.1, -0.05) is 96.9 Å². The second-order valence-electron chi connectivity index (χ2n) is 6.93. The van der Waals surface area contributed by atoms with Crippen LogP contribution in [0.5, 0.6) is 0 Å². The van der Waals surface area contributed by atoms with E-state index >= 15 is 0 Å². The molecule has 0 atom stereocenters. The molecular formula is C28H18. The lowest BCUT2D eigenvalue weighted by atomic mass is 9.86. The van der Waals surface area contributed by atoms with E-state index in [1.54, 1.807) is 0 Å². The number of fused-ring (bicyclic) bond motifs is 2. The van der Waals surface area contributed by atoms with Crippen molar-refractivity contribution in [3.05, 3.63) is 109 Å². The zero-order valence-electron chi connectivity index (χ0n) is 15.4. The minimum absolute atomic E-state index is 0.901. The Morgan fingerprint density at radius 1 is 0.464 bits per heavy atom. The normalized spacial score (nSPS) is 10.8. The standard InChI is InChI=1S/C28H18/c1-2-20-11-10-14-22(19-20)28-25-17-8-6-15-23(25)27(21-12-4-3-5-13-21)24-16-7-9-18-26(24)28/h1,3-19H. The van der Waals surface area contributed by atoms with Gasteiger partial charge in [-0.25, -0.2) is 0 Å². The summed E-state index contributed by atoms with van der Waals surface area (Å²) in [7, 11) is 0. The Labute approximate surface area is 165 Å². The summed E-state index contributed by atoms with van der Waals surface area (Å²) in [6, 6.07) is 36.2. The van der Waals surface area contributed by atoms with E-state index in [2.05, 4.69) is 96.9 Å². The van der Waals surface area contributed by atoms with Crippen LogP contribution in [-0.4, -0.2) is 0 Å². The Kier molecular flexibility index (Phi) is 3.93. The van der Waals surface area contributed by atoms with Gasteiger partial charge < -0.3 is 0 Å². The highest BCUT2D eigenvalue weighted by Crippen LogP contribution is 2.43. The molecule has 0 saturated carbocycles. The molecule has 0 heteroatoms. The van der Waals surface area contributed by atoms with Gasteiger partial charge in [0.2, 0.25) is 0 Å². The van der Waals surface area contributed by atoms with Crippen LogP contribution in [0, 0.1) is 12.3 Å². The molecule has 28 heavy (non-hydrogen) atoms.